The lowest BCUT2D eigenvalue weighted by Crippen LogP contribution is -2.12. The van der Waals surface area contributed by atoms with E-state index < -0.39 is 0 Å². The van der Waals surface area contributed by atoms with E-state index in [4.69, 9.17) is 11.6 Å². The Bertz CT molecular complexity index is 639. The third kappa shape index (κ3) is 3.84. The number of hydrogen-bond donors (Lipinski definition) is 2. The van der Waals surface area contributed by atoms with Gasteiger partial charge in [-0.25, -0.2) is 0 Å². The van der Waals surface area contributed by atoms with Crippen molar-refractivity contribution in [2.45, 2.75) is 6.54 Å². The normalized spacial score (nSPS) is 10.5. The van der Waals surface area contributed by atoms with Crippen molar-refractivity contribution in [3.05, 3.63) is 49.9 Å². The number of benzene rings is 2. The minimum atomic E-state index is 0.204. The molecular formula is C15H15Br2ClN2O. The summed E-state index contributed by atoms with van der Waals surface area (Å²) >= 11 is 12.9. The van der Waals surface area contributed by atoms with Crippen molar-refractivity contribution in [2.75, 3.05) is 24.3 Å². The monoisotopic (exact) mass is 432 g/mol. The van der Waals surface area contributed by atoms with Crippen LogP contribution in [0.15, 0.2) is 39.3 Å². The first-order valence-electron chi connectivity index (χ1n) is 6.26. The summed E-state index contributed by atoms with van der Waals surface area (Å²) < 4.78 is 1.32. The molecular weight excluding hydrogens is 419 g/mol. The fraction of sp³-hybridized carbons (Fsp3) is 0.200. The lowest BCUT2D eigenvalue weighted by Gasteiger charge is -2.20. The average Bonchev–Trinajstić information content (AvgIpc) is 2.41. The minimum Gasteiger partial charge on any atom is -0.506 e. The van der Waals surface area contributed by atoms with Crippen molar-refractivity contribution in [2.24, 2.45) is 0 Å². The number of para-hydroxylation sites is 1. The number of anilines is 2. The number of nitrogens with one attached hydrogen (secondary N) is 1. The van der Waals surface area contributed by atoms with Crippen LogP contribution >= 0.6 is 43.5 Å². The van der Waals surface area contributed by atoms with Crippen LogP contribution in [0.1, 0.15) is 5.56 Å². The maximum absolute atomic E-state index is 9.73. The van der Waals surface area contributed by atoms with Crippen LogP contribution in [0, 0.1) is 0 Å². The molecule has 0 fully saturated rings. The molecule has 3 nitrogen and oxygen atoms in total. The molecule has 6 heteroatoms. The van der Waals surface area contributed by atoms with Gasteiger partial charge in [-0.2, -0.15) is 0 Å². The summed E-state index contributed by atoms with van der Waals surface area (Å²) in [4.78, 5) is 1.98. The SMILES string of the molecule is CN(C)c1c(Cl)cccc1NCc1cc(Br)c(O)c(Br)c1. The van der Waals surface area contributed by atoms with Crippen molar-refractivity contribution in [3.63, 3.8) is 0 Å². The number of rotatable bonds is 4. The summed E-state index contributed by atoms with van der Waals surface area (Å²) in [5, 5.41) is 13.8. The first-order chi connectivity index (χ1) is 9.90. The maximum Gasteiger partial charge on any atom is 0.143 e. The van der Waals surface area contributed by atoms with Crippen molar-refractivity contribution in [1.29, 1.82) is 0 Å². The van der Waals surface area contributed by atoms with Gasteiger partial charge < -0.3 is 15.3 Å². The number of phenols is 1. The molecule has 0 saturated heterocycles. The lowest BCUT2D eigenvalue weighted by molar-refractivity contribution is 0.468. The van der Waals surface area contributed by atoms with Crippen molar-refractivity contribution in [3.8, 4) is 5.75 Å². The molecule has 0 aromatic heterocycles. The van der Waals surface area contributed by atoms with E-state index in [9.17, 15) is 5.11 Å². The van der Waals surface area contributed by atoms with E-state index in [-0.39, 0.29) is 5.75 Å². The minimum absolute atomic E-state index is 0.204. The van der Waals surface area contributed by atoms with Gasteiger partial charge in [0, 0.05) is 20.6 Å². The quantitative estimate of drug-likeness (QED) is 0.690. The molecule has 2 aromatic rings. The van der Waals surface area contributed by atoms with Crippen molar-refractivity contribution < 1.29 is 5.11 Å². The molecule has 0 amide bonds. The Hall–Kier alpha value is -0.910. The van der Waals surface area contributed by atoms with Gasteiger partial charge in [0.05, 0.1) is 25.3 Å². The molecule has 112 valence electrons. The van der Waals surface area contributed by atoms with Crippen LogP contribution < -0.4 is 10.2 Å². The second-order valence-electron chi connectivity index (χ2n) is 4.79. The van der Waals surface area contributed by atoms with E-state index in [1.54, 1.807) is 0 Å². The van der Waals surface area contributed by atoms with Crippen LogP contribution in [0.3, 0.4) is 0 Å². The molecule has 2 rings (SSSR count). The predicted octanol–water partition coefficient (Wildman–Crippen LogP) is 5.25. The number of phenolic OH excluding ortho intramolecular Hbond substituents is 1. The van der Waals surface area contributed by atoms with Gasteiger partial charge >= 0.3 is 0 Å². The van der Waals surface area contributed by atoms with Crippen LogP contribution in [0.2, 0.25) is 5.02 Å². The van der Waals surface area contributed by atoms with Crippen LogP contribution in [-0.4, -0.2) is 19.2 Å². The molecule has 2 N–H and O–H groups in total. The van der Waals surface area contributed by atoms with Crippen molar-refractivity contribution in [1.82, 2.24) is 0 Å². The predicted molar refractivity (Wildman–Crippen MR) is 96.6 cm³/mol. The Balaban J connectivity index is 2.23. The van der Waals surface area contributed by atoms with Crippen LogP contribution in [-0.2, 0) is 6.54 Å². The summed E-state index contributed by atoms with van der Waals surface area (Å²) in [5.41, 5.74) is 2.96. The molecule has 21 heavy (non-hydrogen) atoms. The third-order valence-electron chi connectivity index (χ3n) is 2.99. The topological polar surface area (TPSA) is 35.5 Å². The van der Waals surface area contributed by atoms with Crippen LogP contribution in [0.5, 0.6) is 5.75 Å². The molecule has 0 aliphatic heterocycles. The molecule has 0 unspecified atom stereocenters. The Morgan fingerprint density at radius 3 is 2.38 bits per heavy atom. The van der Waals surface area contributed by atoms with Gasteiger partial charge in [0.15, 0.2) is 0 Å². The first-order valence-corrected chi connectivity index (χ1v) is 8.23. The Morgan fingerprint density at radius 2 is 1.81 bits per heavy atom. The number of nitrogens with zero attached hydrogens (tertiary/aromatic N) is 1. The van der Waals surface area contributed by atoms with E-state index >= 15 is 0 Å². The highest BCUT2D eigenvalue weighted by molar-refractivity contribution is 9.11. The summed E-state index contributed by atoms with van der Waals surface area (Å²) in [6.45, 7) is 0.624. The summed E-state index contributed by atoms with van der Waals surface area (Å²) in [5.74, 6) is 0.204. The van der Waals surface area contributed by atoms with Crippen molar-refractivity contribution >= 4 is 54.8 Å². The Kier molecular flexibility index (Phi) is 5.41. The van der Waals surface area contributed by atoms with E-state index in [2.05, 4.69) is 37.2 Å². The first kappa shape index (κ1) is 16.5. The van der Waals surface area contributed by atoms with E-state index in [1.807, 2.05) is 49.3 Å². The zero-order valence-corrected chi connectivity index (χ0v) is 15.6. The fourth-order valence-corrected chi connectivity index (χ4v) is 3.65. The number of halogens is 3. The van der Waals surface area contributed by atoms with E-state index in [0.29, 0.717) is 20.5 Å². The molecule has 0 aliphatic carbocycles. The highest BCUT2D eigenvalue weighted by Crippen LogP contribution is 2.35. The number of aromatic hydroxyl groups is 1. The summed E-state index contributed by atoms with van der Waals surface area (Å²) in [6, 6.07) is 9.54. The Morgan fingerprint density at radius 1 is 1.19 bits per heavy atom. The van der Waals surface area contributed by atoms with Gasteiger partial charge in [0.1, 0.15) is 5.75 Å². The third-order valence-corrected chi connectivity index (χ3v) is 4.51. The van der Waals surface area contributed by atoms with Gasteiger partial charge in [-0.15, -0.1) is 0 Å². The van der Waals surface area contributed by atoms with Gasteiger partial charge in [-0.3, -0.25) is 0 Å². The molecule has 0 saturated carbocycles. The van der Waals surface area contributed by atoms with Gasteiger partial charge in [-0.1, -0.05) is 17.7 Å². The van der Waals surface area contributed by atoms with E-state index in [0.717, 1.165) is 16.9 Å². The van der Waals surface area contributed by atoms with Gasteiger partial charge in [-0.05, 0) is 61.7 Å². The second-order valence-corrected chi connectivity index (χ2v) is 6.91. The summed E-state index contributed by atoms with van der Waals surface area (Å²) in [7, 11) is 3.92. The molecule has 0 spiro atoms. The zero-order chi connectivity index (χ0) is 15.6. The molecule has 0 aliphatic rings. The lowest BCUT2D eigenvalue weighted by atomic mass is 10.2. The molecule has 0 heterocycles. The Labute approximate surface area is 146 Å². The highest BCUT2D eigenvalue weighted by Gasteiger charge is 2.10. The molecule has 0 atom stereocenters. The highest BCUT2D eigenvalue weighted by atomic mass is 79.9. The van der Waals surface area contributed by atoms with Crippen LogP contribution in [0.25, 0.3) is 0 Å². The zero-order valence-electron chi connectivity index (χ0n) is 11.6. The standard InChI is InChI=1S/C15H15Br2ClN2O/c1-20(2)14-12(18)4-3-5-13(14)19-8-9-6-10(16)15(21)11(17)7-9/h3-7,19,21H,8H2,1-2H3. The van der Waals surface area contributed by atoms with Gasteiger partial charge in [0.25, 0.3) is 0 Å². The molecule has 2 aromatic carbocycles. The largest absolute Gasteiger partial charge is 0.506 e. The summed E-state index contributed by atoms with van der Waals surface area (Å²) in [6.07, 6.45) is 0. The van der Waals surface area contributed by atoms with E-state index in [1.165, 1.54) is 0 Å². The maximum atomic E-state index is 9.73. The second kappa shape index (κ2) is 6.90. The smallest absolute Gasteiger partial charge is 0.143 e. The molecule has 0 bridgehead atoms. The number of hydrogen-bond acceptors (Lipinski definition) is 3. The van der Waals surface area contributed by atoms with Crippen LogP contribution in [0.4, 0.5) is 11.4 Å². The average molecular weight is 435 g/mol. The fourth-order valence-electron chi connectivity index (χ4n) is 2.03. The van der Waals surface area contributed by atoms with Gasteiger partial charge in [0.2, 0.25) is 0 Å². The molecule has 0 radical (unpaired) electrons.